The molecule has 1 aromatic heterocycles. The average molecular weight is 319 g/mol. The van der Waals surface area contributed by atoms with Crippen molar-refractivity contribution in [1.29, 1.82) is 0 Å². The predicted octanol–water partition coefficient (Wildman–Crippen LogP) is 4.14. The van der Waals surface area contributed by atoms with Crippen LogP contribution in [0.4, 0.5) is 0 Å². The smallest absolute Gasteiger partial charge is 0.251 e. The first-order valence-electron chi connectivity index (χ1n) is 8.22. The van der Waals surface area contributed by atoms with E-state index in [4.69, 9.17) is 0 Å². The Morgan fingerprint density at radius 3 is 2.50 bits per heavy atom. The Kier molecular flexibility index (Phi) is 5.06. The van der Waals surface area contributed by atoms with Crippen LogP contribution < -0.4 is 5.32 Å². The van der Waals surface area contributed by atoms with Gasteiger partial charge >= 0.3 is 0 Å². The van der Waals surface area contributed by atoms with Gasteiger partial charge in [-0.15, -0.1) is 0 Å². The van der Waals surface area contributed by atoms with Crippen LogP contribution in [0.3, 0.4) is 0 Å². The van der Waals surface area contributed by atoms with E-state index in [-0.39, 0.29) is 11.9 Å². The molecule has 4 heteroatoms. The average Bonchev–Trinajstić information content (AvgIpc) is 3.17. The van der Waals surface area contributed by atoms with Crippen LogP contribution in [-0.4, -0.2) is 15.5 Å². The third-order valence-corrected chi connectivity index (χ3v) is 4.02. The minimum Gasteiger partial charge on any atom is -0.345 e. The molecule has 2 aromatic carbocycles. The van der Waals surface area contributed by atoms with Crippen molar-refractivity contribution in [3.8, 4) is 5.69 Å². The highest BCUT2D eigenvalue weighted by Gasteiger charge is 2.14. The molecule has 0 spiro atoms. The van der Waals surface area contributed by atoms with E-state index < -0.39 is 0 Å². The second-order valence-corrected chi connectivity index (χ2v) is 5.74. The molecule has 0 saturated carbocycles. The lowest BCUT2D eigenvalue weighted by Crippen LogP contribution is -2.28. The summed E-state index contributed by atoms with van der Waals surface area (Å²) in [5.74, 6) is -0.0468. The van der Waals surface area contributed by atoms with E-state index in [0.29, 0.717) is 5.56 Å². The van der Waals surface area contributed by atoms with Crippen LogP contribution >= 0.6 is 0 Å². The zero-order valence-electron chi connectivity index (χ0n) is 13.7. The standard InChI is InChI=1S/C20H21N3O/c1-2-6-19(16-7-4-3-5-8-16)22-20(24)17-9-11-18(12-10-17)23-14-13-21-15-23/h3-5,7-15,19H,2,6H2,1H3,(H,22,24)/t19-/m0/s1. The van der Waals surface area contributed by atoms with Crippen molar-refractivity contribution in [1.82, 2.24) is 14.9 Å². The Morgan fingerprint density at radius 2 is 1.88 bits per heavy atom. The highest BCUT2D eigenvalue weighted by Crippen LogP contribution is 2.19. The molecule has 0 radical (unpaired) electrons. The molecule has 0 saturated heterocycles. The number of amides is 1. The van der Waals surface area contributed by atoms with Crippen LogP contribution in [0.15, 0.2) is 73.3 Å². The molecule has 24 heavy (non-hydrogen) atoms. The quantitative estimate of drug-likeness (QED) is 0.742. The number of benzene rings is 2. The molecule has 3 rings (SSSR count). The van der Waals surface area contributed by atoms with Crippen LogP contribution in [0.2, 0.25) is 0 Å². The number of carbonyl (C=O) groups is 1. The second-order valence-electron chi connectivity index (χ2n) is 5.74. The van der Waals surface area contributed by atoms with Crippen molar-refractivity contribution in [2.75, 3.05) is 0 Å². The van der Waals surface area contributed by atoms with E-state index in [1.807, 2.05) is 53.2 Å². The number of imidazole rings is 1. The van der Waals surface area contributed by atoms with E-state index in [0.717, 1.165) is 24.1 Å². The van der Waals surface area contributed by atoms with E-state index in [1.54, 1.807) is 12.5 Å². The maximum atomic E-state index is 12.6. The van der Waals surface area contributed by atoms with Gasteiger partial charge in [0.25, 0.3) is 5.91 Å². The highest BCUT2D eigenvalue weighted by atomic mass is 16.1. The van der Waals surface area contributed by atoms with Crippen LogP contribution in [-0.2, 0) is 0 Å². The minimum absolute atomic E-state index is 0.0389. The summed E-state index contributed by atoms with van der Waals surface area (Å²) in [6.07, 6.45) is 7.28. The lowest BCUT2D eigenvalue weighted by Gasteiger charge is -2.18. The Hall–Kier alpha value is -2.88. The molecule has 1 atom stereocenters. The number of rotatable bonds is 6. The normalized spacial score (nSPS) is 11.9. The summed E-state index contributed by atoms with van der Waals surface area (Å²) in [7, 11) is 0. The fourth-order valence-electron chi connectivity index (χ4n) is 2.73. The molecule has 1 N–H and O–H groups in total. The van der Waals surface area contributed by atoms with Gasteiger partial charge in [-0.1, -0.05) is 43.7 Å². The van der Waals surface area contributed by atoms with E-state index in [2.05, 4.69) is 29.4 Å². The predicted molar refractivity (Wildman–Crippen MR) is 95.1 cm³/mol. The van der Waals surface area contributed by atoms with Crippen molar-refractivity contribution in [3.05, 3.63) is 84.4 Å². The van der Waals surface area contributed by atoms with Gasteiger partial charge in [0.1, 0.15) is 0 Å². The Morgan fingerprint density at radius 1 is 1.12 bits per heavy atom. The Labute approximate surface area is 142 Å². The lowest BCUT2D eigenvalue weighted by molar-refractivity contribution is 0.0934. The van der Waals surface area contributed by atoms with Gasteiger partial charge < -0.3 is 9.88 Å². The third kappa shape index (κ3) is 3.71. The summed E-state index contributed by atoms with van der Waals surface area (Å²) < 4.78 is 1.91. The zero-order valence-corrected chi connectivity index (χ0v) is 13.7. The van der Waals surface area contributed by atoms with Gasteiger partial charge in [0, 0.05) is 23.6 Å². The summed E-state index contributed by atoms with van der Waals surface area (Å²) in [6.45, 7) is 2.13. The van der Waals surface area contributed by atoms with Crippen LogP contribution in [0.1, 0.15) is 41.7 Å². The molecule has 0 aliphatic carbocycles. The van der Waals surface area contributed by atoms with Crippen LogP contribution in [0.5, 0.6) is 0 Å². The highest BCUT2D eigenvalue weighted by molar-refractivity contribution is 5.94. The fraction of sp³-hybridized carbons (Fsp3) is 0.200. The van der Waals surface area contributed by atoms with Crippen molar-refractivity contribution in [2.45, 2.75) is 25.8 Å². The summed E-state index contributed by atoms with van der Waals surface area (Å²) in [6, 6.07) is 17.7. The van der Waals surface area contributed by atoms with Gasteiger partial charge in [-0.3, -0.25) is 4.79 Å². The molecule has 0 fully saturated rings. The first-order valence-corrected chi connectivity index (χ1v) is 8.22. The van der Waals surface area contributed by atoms with Crippen molar-refractivity contribution >= 4 is 5.91 Å². The summed E-state index contributed by atoms with van der Waals surface area (Å²) in [5, 5.41) is 3.15. The molecule has 122 valence electrons. The molecule has 0 aliphatic rings. The number of hydrogen-bond donors (Lipinski definition) is 1. The molecule has 4 nitrogen and oxygen atoms in total. The van der Waals surface area contributed by atoms with Gasteiger partial charge in [-0.25, -0.2) is 4.98 Å². The van der Waals surface area contributed by atoms with E-state index >= 15 is 0 Å². The van der Waals surface area contributed by atoms with Gasteiger partial charge in [-0.2, -0.15) is 0 Å². The minimum atomic E-state index is -0.0468. The molecular formula is C20H21N3O. The molecule has 0 unspecified atom stereocenters. The summed E-state index contributed by atoms with van der Waals surface area (Å²) in [5.41, 5.74) is 2.79. The number of nitrogens with one attached hydrogen (secondary N) is 1. The molecule has 1 amide bonds. The maximum absolute atomic E-state index is 12.6. The molecule has 3 aromatic rings. The second kappa shape index (κ2) is 7.59. The van der Waals surface area contributed by atoms with E-state index in [1.165, 1.54) is 0 Å². The fourth-order valence-corrected chi connectivity index (χ4v) is 2.73. The third-order valence-electron chi connectivity index (χ3n) is 4.02. The lowest BCUT2D eigenvalue weighted by atomic mass is 10.0. The Bertz CT molecular complexity index is 764. The molecule has 0 bridgehead atoms. The molecule has 0 aliphatic heterocycles. The van der Waals surface area contributed by atoms with Gasteiger partial charge in [-0.05, 0) is 36.2 Å². The van der Waals surface area contributed by atoms with E-state index in [9.17, 15) is 4.79 Å². The first kappa shape index (κ1) is 16.0. The molecular weight excluding hydrogens is 298 g/mol. The summed E-state index contributed by atoms with van der Waals surface area (Å²) >= 11 is 0. The first-order chi connectivity index (χ1) is 11.8. The Balaban J connectivity index is 1.73. The van der Waals surface area contributed by atoms with Gasteiger partial charge in [0.2, 0.25) is 0 Å². The van der Waals surface area contributed by atoms with Crippen molar-refractivity contribution in [3.63, 3.8) is 0 Å². The zero-order chi connectivity index (χ0) is 16.8. The van der Waals surface area contributed by atoms with Gasteiger partial charge in [0.05, 0.1) is 12.4 Å². The van der Waals surface area contributed by atoms with Crippen molar-refractivity contribution in [2.24, 2.45) is 0 Å². The largest absolute Gasteiger partial charge is 0.345 e. The van der Waals surface area contributed by atoms with Gasteiger partial charge in [0.15, 0.2) is 0 Å². The number of carbonyl (C=O) groups excluding carboxylic acids is 1. The number of nitrogens with zero attached hydrogens (tertiary/aromatic N) is 2. The maximum Gasteiger partial charge on any atom is 0.251 e. The van der Waals surface area contributed by atoms with Crippen LogP contribution in [0.25, 0.3) is 5.69 Å². The number of aromatic nitrogens is 2. The van der Waals surface area contributed by atoms with Crippen molar-refractivity contribution < 1.29 is 4.79 Å². The monoisotopic (exact) mass is 319 g/mol. The number of hydrogen-bond acceptors (Lipinski definition) is 2. The topological polar surface area (TPSA) is 46.9 Å². The van der Waals surface area contributed by atoms with Crippen LogP contribution in [0, 0.1) is 0 Å². The summed E-state index contributed by atoms with van der Waals surface area (Å²) in [4.78, 5) is 16.6. The molecule has 1 heterocycles. The SMILES string of the molecule is CCC[C@H](NC(=O)c1ccc(-n2ccnc2)cc1)c1ccccc1.